The quantitative estimate of drug-likeness (QED) is 0.714. The lowest BCUT2D eigenvalue weighted by Gasteiger charge is -2.01. The lowest BCUT2D eigenvalue weighted by atomic mass is 10.2. The van der Waals surface area contributed by atoms with Gasteiger partial charge in [-0.05, 0) is 36.4 Å². The van der Waals surface area contributed by atoms with Gasteiger partial charge in [0.05, 0.1) is 16.3 Å². The first kappa shape index (κ1) is 15.1. The van der Waals surface area contributed by atoms with E-state index in [1.165, 1.54) is 18.2 Å². The Kier molecular flexibility index (Phi) is 4.26. The normalized spacial score (nSPS) is 11.0. The van der Waals surface area contributed by atoms with Gasteiger partial charge in [-0.25, -0.2) is 4.79 Å². The van der Waals surface area contributed by atoms with Crippen LogP contribution in [0.25, 0.3) is 5.69 Å². The Labute approximate surface area is 138 Å². The molecule has 0 aliphatic carbocycles. The average Bonchev–Trinajstić information content (AvgIpc) is 3.03. The maximum atomic E-state index is 11.0. The number of benzene rings is 2. The molecule has 4 nitrogen and oxygen atoms in total. The van der Waals surface area contributed by atoms with Crippen molar-refractivity contribution in [1.82, 2.24) is 4.57 Å². The van der Waals surface area contributed by atoms with Crippen LogP contribution in [0.2, 0.25) is 5.02 Å². The van der Waals surface area contributed by atoms with Gasteiger partial charge in [0, 0.05) is 29.9 Å². The van der Waals surface area contributed by atoms with Crippen LogP contribution in [0.5, 0.6) is 0 Å². The van der Waals surface area contributed by atoms with Gasteiger partial charge in [0.25, 0.3) is 0 Å². The summed E-state index contributed by atoms with van der Waals surface area (Å²) in [6, 6.07) is 16.3. The molecular formula is C18H13ClN2O2. The van der Waals surface area contributed by atoms with Gasteiger partial charge in [-0.3, -0.25) is 4.99 Å². The molecule has 5 heteroatoms. The fourth-order valence-corrected chi connectivity index (χ4v) is 2.31. The van der Waals surface area contributed by atoms with Crippen LogP contribution in [-0.4, -0.2) is 21.9 Å². The van der Waals surface area contributed by atoms with Crippen molar-refractivity contribution < 1.29 is 9.90 Å². The molecule has 0 saturated carbocycles. The highest BCUT2D eigenvalue weighted by Crippen LogP contribution is 2.26. The molecule has 23 heavy (non-hydrogen) atoms. The van der Waals surface area contributed by atoms with Gasteiger partial charge in [-0.1, -0.05) is 29.8 Å². The Morgan fingerprint density at radius 2 is 1.91 bits per heavy atom. The predicted octanol–water partition coefficient (Wildman–Crippen LogP) is 4.58. The van der Waals surface area contributed by atoms with Gasteiger partial charge in [0.15, 0.2) is 0 Å². The van der Waals surface area contributed by atoms with Gasteiger partial charge in [-0.15, -0.1) is 0 Å². The second-order valence-corrected chi connectivity index (χ2v) is 5.32. The topological polar surface area (TPSA) is 54.6 Å². The summed E-state index contributed by atoms with van der Waals surface area (Å²) in [7, 11) is 0. The Balaban J connectivity index is 1.85. The third-order valence-electron chi connectivity index (χ3n) is 3.32. The second-order valence-electron chi connectivity index (χ2n) is 4.92. The van der Waals surface area contributed by atoms with Crippen LogP contribution in [0, 0.1) is 0 Å². The van der Waals surface area contributed by atoms with E-state index in [-0.39, 0.29) is 5.56 Å². The van der Waals surface area contributed by atoms with Gasteiger partial charge >= 0.3 is 5.97 Å². The molecule has 0 aliphatic rings. The van der Waals surface area contributed by atoms with E-state index in [1.807, 2.05) is 53.4 Å². The molecular weight excluding hydrogens is 312 g/mol. The molecule has 0 unspecified atom stereocenters. The number of para-hydroxylation sites is 1. The molecule has 2 aromatic carbocycles. The Bertz CT molecular complexity index is 870. The number of halogens is 1. The van der Waals surface area contributed by atoms with Crippen molar-refractivity contribution in [1.29, 1.82) is 0 Å². The summed E-state index contributed by atoms with van der Waals surface area (Å²) in [6.45, 7) is 0. The molecule has 3 rings (SSSR count). The van der Waals surface area contributed by atoms with Crippen LogP contribution in [0.1, 0.15) is 15.9 Å². The van der Waals surface area contributed by atoms with E-state index in [2.05, 4.69) is 4.99 Å². The number of aromatic nitrogens is 1. The van der Waals surface area contributed by atoms with Crippen molar-refractivity contribution in [2.45, 2.75) is 0 Å². The van der Waals surface area contributed by atoms with E-state index >= 15 is 0 Å². The zero-order valence-electron chi connectivity index (χ0n) is 12.1. The molecule has 0 bridgehead atoms. The molecule has 114 valence electrons. The summed E-state index contributed by atoms with van der Waals surface area (Å²) in [5.41, 5.74) is 2.53. The maximum Gasteiger partial charge on any atom is 0.335 e. The number of aromatic carboxylic acids is 1. The van der Waals surface area contributed by atoms with Crippen molar-refractivity contribution in [3.63, 3.8) is 0 Å². The Morgan fingerprint density at radius 1 is 1.13 bits per heavy atom. The summed E-state index contributed by atoms with van der Waals surface area (Å²) in [6.07, 6.45) is 5.53. The number of carbonyl (C=O) groups is 1. The molecule has 0 saturated heterocycles. The predicted molar refractivity (Wildman–Crippen MR) is 91.4 cm³/mol. The number of nitrogens with zero attached hydrogens (tertiary/aromatic N) is 2. The zero-order valence-corrected chi connectivity index (χ0v) is 12.8. The summed E-state index contributed by atoms with van der Waals surface area (Å²) in [4.78, 5) is 15.3. The minimum atomic E-state index is -1.01. The third-order valence-corrected chi connectivity index (χ3v) is 3.64. The first-order valence-electron chi connectivity index (χ1n) is 6.94. The monoisotopic (exact) mass is 324 g/mol. The summed E-state index contributed by atoms with van der Waals surface area (Å²) >= 11 is 6.06. The number of hydrogen-bond acceptors (Lipinski definition) is 2. The van der Waals surface area contributed by atoms with Crippen molar-refractivity contribution in [3.8, 4) is 5.69 Å². The molecule has 0 aliphatic heterocycles. The smallest absolute Gasteiger partial charge is 0.335 e. The zero-order chi connectivity index (χ0) is 16.2. The molecule has 0 atom stereocenters. The fraction of sp³-hybridized carbons (Fsp3) is 0. The van der Waals surface area contributed by atoms with Crippen molar-refractivity contribution in [2.24, 2.45) is 4.99 Å². The van der Waals surface area contributed by atoms with E-state index in [0.29, 0.717) is 10.7 Å². The number of rotatable bonds is 4. The average molecular weight is 325 g/mol. The van der Waals surface area contributed by atoms with Crippen LogP contribution in [0.3, 0.4) is 0 Å². The minimum absolute atomic E-state index is 0.156. The molecule has 0 fully saturated rings. The third kappa shape index (κ3) is 3.49. The highest BCUT2D eigenvalue weighted by Gasteiger charge is 2.06. The number of carboxylic acid groups (broad SMARTS) is 1. The van der Waals surface area contributed by atoms with Crippen LogP contribution >= 0.6 is 11.6 Å². The summed E-state index contributed by atoms with van der Waals surface area (Å²) in [5, 5.41) is 9.43. The highest BCUT2D eigenvalue weighted by molar-refractivity contribution is 6.33. The second kappa shape index (κ2) is 6.50. The van der Waals surface area contributed by atoms with E-state index in [1.54, 1.807) is 6.21 Å². The molecule has 1 heterocycles. The van der Waals surface area contributed by atoms with Gasteiger partial charge in [0.2, 0.25) is 0 Å². The van der Waals surface area contributed by atoms with E-state index < -0.39 is 5.97 Å². The van der Waals surface area contributed by atoms with Crippen molar-refractivity contribution in [2.75, 3.05) is 0 Å². The maximum absolute atomic E-state index is 11.0. The number of carboxylic acids is 1. The van der Waals surface area contributed by atoms with Crippen LogP contribution in [0.4, 0.5) is 5.69 Å². The molecule has 0 spiro atoms. The fourth-order valence-electron chi connectivity index (χ4n) is 2.14. The SMILES string of the molecule is O=C(O)c1ccc(Cl)c(N=Cc2ccn(-c3ccccc3)c2)c1. The number of hydrogen-bond donors (Lipinski definition) is 1. The molecule has 3 aromatic rings. The van der Waals surface area contributed by atoms with Gasteiger partial charge < -0.3 is 9.67 Å². The largest absolute Gasteiger partial charge is 0.478 e. The van der Waals surface area contributed by atoms with Crippen LogP contribution in [-0.2, 0) is 0 Å². The van der Waals surface area contributed by atoms with Gasteiger partial charge in [-0.2, -0.15) is 0 Å². The standard InChI is InChI=1S/C18H13ClN2O2/c19-16-7-6-14(18(22)23)10-17(16)20-11-13-8-9-21(12-13)15-4-2-1-3-5-15/h1-12H,(H,22,23). The Hall–Kier alpha value is -2.85. The lowest BCUT2D eigenvalue weighted by molar-refractivity contribution is 0.0697. The molecule has 1 aromatic heterocycles. The first-order valence-corrected chi connectivity index (χ1v) is 7.31. The minimum Gasteiger partial charge on any atom is -0.478 e. The van der Waals surface area contributed by atoms with Gasteiger partial charge in [0.1, 0.15) is 0 Å². The first-order chi connectivity index (χ1) is 11.1. The van der Waals surface area contributed by atoms with Crippen LogP contribution < -0.4 is 0 Å². The lowest BCUT2D eigenvalue weighted by Crippen LogP contribution is -1.95. The van der Waals surface area contributed by atoms with E-state index in [4.69, 9.17) is 16.7 Å². The molecule has 0 amide bonds. The van der Waals surface area contributed by atoms with E-state index in [9.17, 15) is 4.79 Å². The van der Waals surface area contributed by atoms with Crippen molar-refractivity contribution in [3.05, 3.63) is 83.1 Å². The molecule has 0 radical (unpaired) electrons. The summed E-state index contributed by atoms with van der Waals surface area (Å²) in [5.74, 6) is -1.01. The number of aliphatic imine (C=N–C) groups is 1. The van der Waals surface area contributed by atoms with Crippen molar-refractivity contribution >= 4 is 29.5 Å². The summed E-state index contributed by atoms with van der Waals surface area (Å²) < 4.78 is 1.98. The highest BCUT2D eigenvalue weighted by atomic mass is 35.5. The van der Waals surface area contributed by atoms with E-state index in [0.717, 1.165) is 11.3 Å². The Morgan fingerprint density at radius 3 is 2.65 bits per heavy atom. The molecule has 1 N–H and O–H groups in total. The van der Waals surface area contributed by atoms with Crippen LogP contribution in [0.15, 0.2) is 72.0 Å².